The van der Waals surface area contributed by atoms with Crippen LogP contribution in [0.3, 0.4) is 0 Å². The van der Waals surface area contributed by atoms with Gasteiger partial charge in [-0.3, -0.25) is 0 Å². The lowest BCUT2D eigenvalue weighted by molar-refractivity contribution is -0.137. The Kier molecular flexibility index (Phi) is 2.76. The van der Waals surface area contributed by atoms with Gasteiger partial charge in [0, 0.05) is 5.92 Å². The van der Waals surface area contributed by atoms with Gasteiger partial charge in [-0.2, -0.15) is 13.2 Å². The highest BCUT2D eigenvalue weighted by atomic mass is 19.4. The molecule has 0 amide bonds. The minimum Gasteiger partial charge on any atom is -0.389 e. The minimum atomic E-state index is -4.29. The van der Waals surface area contributed by atoms with Crippen LogP contribution in [0.25, 0.3) is 0 Å². The van der Waals surface area contributed by atoms with E-state index in [0.29, 0.717) is 6.42 Å². The Morgan fingerprint density at radius 1 is 1.06 bits per heavy atom. The van der Waals surface area contributed by atoms with Gasteiger partial charge in [-0.05, 0) is 24.1 Å². The lowest BCUT2D eigenvalue weighted by Crippen LogP contribution is -2.05. The zero-order valence-corrected chi connectivity index (χ0v) is 8.41. The van der Waals surface area contributed by atoms with Crippen molar-refractivity contribution >= 4 is 0 Å². The highest BCUT2D eigenvalue weighted by Crippen LogP contribution is 2.32. The Morgan fingerprint density at radius 2 is 1.69 bits per heavy atom. The highest BCUT2D eigenvalue weighted by molar-refractivity contribution is 5.31. The normalized spacial score (nSPS) is 25.0. The molecular weight excluding hydrogens is 217 g/mol. The number of hydrogen-bond acceptors (Lipinski definition) is 1. The van der Waals surface area contributed by atoms with Gasteiger partial charge in [0.15, 0.2) is 0 Å². The molecule has 0 spiro atoms. The summed E-state index contributed by atoms with van der Waals surface area (Å²) in [4.78, 5) is 0. The average Bonchev–Trinajstić information content (AvgIpc) is 2.64. The van der Waals surface area contributed by atoms with Crippen LogP contribution in [0.4, 0.5) is 13.2 Å². The number of rotatable bonds is 1. The molecule has 0 fully saturated rings. The van der Waals surface area contributed by atoms with Crippen LogP contribution in [0.2, 0.25) is 0 Å². The molecule has 0 saturated carbocycles. The SMILES string of the molecule is O[C@@H]1C=C[C@H](c2ccc(C(F)(F)F)cc2)C1. The molecule has 0 saturated heterocycles. The fourth-order valence-corrected chi connectivity index (χ4v) is 1.85. The molecule has 0 unspecified atom stereocenters. The van der Waals surface area contributed by atoms with Gasteiger partial charge >= 0.3 is 6.18 Å². The number of aliphatic hydroxyl groups is 1. The summed E-state index contributed by atoms with van der Waals surface area (Å²) in [7, 11) is 0. The number of allylic oxidation sites excluding steroid dienone is 1. The smallest absolute Gasteiger partial charge is 0.389 e. The van der Waals surface area contributed by atoms with Crippen molar-refractivity contribution in [3.63, 3.8) is 0 Å². The number of benzene rings is 1. The molecule has 0 radical (unpaired) electrons. The molecule has 0 aromatic heterocycles. The minimum absolute atomic E-state index is 0.0253. The summed E-state index contributed by atoms with van der Waals surface area (Å²) in [5.74, 6) is 0.0253. The first kappa shape index (κ1) is 11.2. The van der Waals surface area contributed by atoms with E-state index in [1.165, 1.54) is 12.1 Å². The number of aliphatic hydroxyl groups excluding tert-OH is 1. The fourth-order valence-electron chi connectivity index (χ4n) is 1.85. The number of hydrogen-bond donors (Lipinski definition) is 1. The molecule has 2 atom stereocenters. The topological polar surface area (TPSA) is 20.2 Å². The van der Waals surface area contributed by atoms with Crippen LogP contribution < -0.4 is 0 Å². The standard InChI is InChI=1S/C12H11F3O/c13-12(14,15)10-4-1-8(2-5-10)9-3-6-11(16)7-9/h1-6,9,11,16H,7H2/t9-,11+/m0/s1. The van der Waals surface area contributed by atoms with Crippen LogP contribution in [-0.4, -0.2) is 11.2 Å². The van der Waals surface area contributed by atoms with Gasteiger partial charge in [0.2, 0.25) is 0 Å². The molecule has 0 aliphatic heterocycles. The van der Waals surface area contributed by atoms with Gasteiger partial charge in [0.1, 0.15) is 0 Å². The maximum atomic E-state index is 12.3. The second-order valence-electron chi connectivity index (χ2n) is 3.91. The average molecular weight is 228 g/mol. The Labute approximate surface area is 91.2 Å². The van der Waals surface area contributed by atoms with Gasteiger partial charge in [0.25, 0.3) is 0 Å². The maximum absolute atomic E-state index is 12.3. The molecule has 16 heavy (non-hydrogen) atoms. The van der Waals surface area contributed by atoms with E-state index in [0.717, 1.165) is 17.7 Å². The van der Waals surface area contributed by atoms with Crippen LogP contribution in [0, 0.1) is 0 Å². The second kappa shape index (κ2) is 3.94. The molecule has 1 aliphatic rings. The van der Waals surface area contributed by atoms with E-state index in [-0.39, 0.29) is 5.92 Å². The van der Waals surface area contributed by atoms with Gasteiger partial charge in [-0.15, -0.1) is 0 Å². The molecule has 1 aromatic rings. The summed E-state index contributed by atoms with van der Waals surface area (Å²) in [5, 5.41) is 9.28. The van der Waals surface area contributed by atoms with E-state index < -0.39 is 17.8 Å². The summed E-state index contributed by atoms with van der Waals surface area (Å²) in [6, 6.07) is 5.09. The van der Waals surface area contributed by atoms with Gasteiger partial charge in [-0.25, -0.2) is 0 Å². The first-order chi connectivity index (χ1) is 7.47. The van der Waals surface area contributed by atoms with Crippen molar-refractivity contribution in [1.29, 1.82) is 0 Å². The first-order valence-electron chi connectivity index (χ1n) is 5.00. The van der Waals surface area contributed by atoms with E-state index >= 15 is 0 Å². The van der Waals surface area contributed by atoms with Crippen LogP contribution >= 0.6 is 0 Å². The van der Waals surface area contributed by atoms with Gasteiger partial charge in [-0.1, -0.05) is 24.3 Å². The lowest BCUT2D eigenvalue weighted by atomic mass is 9.97. The molecule has 1 aromatic carbocycles. The summed E-state index contributed by atoms with van der Waals surface area (Å²) < 4.78 is 36.9. The Hall–Kier alpha value is -1.29. The van der Waals surface area contributed by atoms with Crippen LogP contribution in [0.15, 0.2) is 36.4 Å². The third-order valence-electron chi connectivity index (χ3n) is 2.73. The van der Waals surface area contributed by atoms with Crippen molar-refractivity contribution < 1.29 is 18.3 Å². The zero-order valence-electron chi connectivity index (χ0n) is 8.41. The van der Waals surface area contributed by atoms with Crippen molar-refractivity contribution in [3.8, 4) is 0 Å². The molecule has 1 nitrogen and oxygen atoms in total. The number of halogens is 3. The predicted molar refractivity (Wildman–Crippen MR) is 53.9 cm³/mol. The highest BCUT2D eigenvalue weighted by Gasteiger charge is 2.30. The van der Waals surface area contributed by atoms with Crippen LogP contribution in [0.1, 0.15) is 23.5 Å². The molecule has 0 bridgehead atoms. The van der Waals surface area contributed by atoms with Crippen molar-refractivity contribution in [2.24, 2.45) is 0 Å². The quantitative estimate of drug-likeness (QED) is 0.732. The van der Waals surface area contributed by atoms with Crippen molar-refractivity contribution in [2.75, 3.05) is 0 Å². The van der Waals surface area contributed by atoms with E-state index in [2.05, 4.69) is 0 Å². The third-order valence-corrected chi connectivity index (χ3v) is 2.73. The van der Waals surface area contributed by atoms with E-state index in [1.54, 1.807) is 6.08 Å². The van der Waals surface area contributed by atoms with E-state index in [4.69, 9.17) is 0 Å². The summed E-state index contributed by atoms with van der Waals surface area (Å²) in [5.41, 5.74) is 0.166. The predicted octanol–water partition coefficient (Wildman–Crippen LogP) is 3.11. The van der Waals surface area contributed by atoms with Gasteiger partial charge < -0.3 is 5.11 Å². The molecule has 4 heteroatoms. The summed E-state index contributed by atoms with van der Waals surface area (Å²) in [6.45, 7) is 0. The Morgan fingerprint density at radius 3 is 2.12 bits per heavy atom. The molecule has 2 rings (SSSR count). The second-order valence-corrected chi connectivity index (χ2v) is 3.91. The Balaban J connectivity index is 2.17. The van der Waals surface area contributed by atoms with Crippen LogP contribution in [0.5, 0.6) is 0 Å². The third kappa shape index (κ3) is 2.27. The maximum Gasteiger partial charge on any atom is 0.416 e. The van der Waals surface area contributed by atoms with E-state index in [1.807, 2.05) is 6.08 Å². The largest absolute Gasteiger partial charge is 0.416 e. The van der Waals surface area contributed by atoms with E-state index in [9.17, 15) is 18.3 Å². The first-order valence-corrected chi connectivity index (χ1v) is 5.00. The van der Waals surface area contributed by atoms with Crippen molar-refractivity contribution in [3.05, 3.63) is 47.5 Å². The molecule has 1 aliphatic carbocycles. The summed E-state index contributed by atoms with van der Waals surface area (Å²) in [6.07, 6.45) is -0.725. The Bertz CT molecular complexity index is 392. The van der Waals surface area contributed by atoms with Gasteiger partial charge in [0.05, 0.1) is 11.7 Å². The van der Waals surface area contributed by atoms with Crippen LogP contribution in [-0.2, 0) is 6.18 Å². The molecule has 0 heterocycles. The number of alkyl halides is 3. The van der Waals surface area contributed by atoms with Crippen molar-refractivity contribution in [2.45, 2.75) is 24.6 Å². The molecule has 86 valence electrons. The monoisotopic (exact) mass is 228 g/mol. The van der Waals surface area contributed by atoms with Crippen molar-refractivity contribution in [1.82, 2.24) is 0 Å². The molecule has 1 N–H and O–H groups in total. The molecular formula is C12H11F3O. The fraction of sp³-hybridized carbons (Fsp3) is 0.333. The zero-order chi connectivity index (χ0) is 11.8. The summed E-state index contributed by atoms with van der Waals surface area (Å²) >= 11 is 0. The lowest BCUT2D eigenvalue weighted by Gasteiger charge is -2.11.